The molecule has 0 unspecified atom stereocenters. The fourth-order valence-electron chi connectivity index (χ4n) is 1.20. The molecule has 0 fully saturated rings. The number of nitrogens with one attached hydrogen (secondary N) is 1. The molecule has 1 rings (SSSR count). The van der Waals surface area contributed by atoms with E-state index in [4.69, 9.17) is 16.6 Å². The zero-order valence-electron chi connectivity index (χ0n) is 9.45. The van der Waals surface area contributed by atoms with Crippen molar-refractivity contribution in [3.8, 4) is 0 Å². The van der Waals surface area contributed by atoms with Crippen LogP contribution in [0.4, 0.5) is 11.4 Å². The van der Waals surface area contributed by atoms with Crippen molar-refractivity contribution in [2.75, 3.05) is 18.1 Å². The Kier molecular flexibility index (Phi) is 3.39. The first-order chi connectivity index (χ1) is 7.35. The van der Waals surface area contributed by atoms with Crippen molar-refractivity contribution in [2.24, 2.45) is 0 Å². The van der Waals surface area contributed by atoms with Crippen LogP contribution in [0.3, 0.4) is 0 Å². The normalized spacial score (nSPS) is 11.2. The van der Waals surface area contributed by atoms with E-state index in [1.54, 1.807) is 26.0 Å². The highest BCUT2D eigenvalue weighted by atomic mass is 16.3. The maximum atomic E-state index is 11.8. The molecule has 1 aromatic carbocycles. The van der Waals surface area contributed by atoms with Crippen LogP contribution in [0.5, 0.6) is 0 Å². The summed E-state index contributed by atoms with van der Waals surface area (Å²) < 4.78 is 0. The number of hydrogen-bond donors (Lipinski definition) is 4. The predicted molar refractivity (Wildman–Crippen MR) is 63.9 cm³/mol. The standard InChI is InChI=1S/C11H17N3O2/c1-11(2,6-15)14-10(16)8-4-3-7(12)5-9(8)13/h3-5,15H,6,12-13H2,1-2H3,(H,14,16). The lowest BCUT2D eigenvalue weighted by atomic mass is 10.1. The third kappa shape index (κ3) is 2.87. The van der Waals surface area contributed by atoms with Crippen molar-refractivity contribution < 1.29 is 9.90 Å². The van der Waals surface area contributed by atoms with E-state index >= 15 is 0 Å². The SMILES string of the molecule is CC(C)(CO)NC(=O)c1ccc(N)cc1N. The summed E-state index contributed by atoms with van der Waals surface area (Å²) in [5, 5.41) is 11.7. The van der Waals surface area contributed by atoms with Gasteiger partial charge in [0.15, 0.2) is 0 Å². The molecule has 6 N–H and O–H groups in total. The molecule has 0 aromatic heterocycles. The van der Waals surface area contributed by atoms with Gasteiger partial charge in [-0.3, -0.25) is 4.79 Å². The zero-order valence-corrected chi connectivity index (χ0v) is 9.45. The average molecular weight is 223 g/mol. The number of anilines is 2. The molecule has 0 radical (unpaired) electrons. The summed E-state index contributed by atoms with van der Waals surface area (Å²) in [6.45, 7) is 3.30. The number of nitrogen functional groups attached to an aromatic ring is 2. The number of amides is 1. The summed E-state index contributed by atoms with van der Waals surface area (Å²) in [6, 6.07) is 4.70. The van der Waals surface area contributed by atoms with Crippen LogP contribution in [-0.4, -0.2) is 23.2 Å². The second-order valence-corrected chi connectivity index (χ2v) is 4.34. The van der Waals surface area contributed by atoms with E-state index in [0.29, 0.717) is 16.9 Å². The van der Waals surface area contributed by atoms with Crippen LogP contribution in [0.2, 0.25) is 0 Å². The highest BCUT2D eigenvalue weighted by Crippen LogP contribution is 2.16. The number of carbonyl (C=O) groups is 1. The Morgan fingerprint density at radius 1 is 1.44 bits per heavy atom. The lowest BCUT2D eigenvalue weighted by molar-refractivity contribution is 0.0870. The molecule has 5 nitrogen and oxygen atoms in total. The van der Waals surface area contributed by atoms with Gasteiger partial charge >= 0.3 is 0 Å². The first-order valence-corrected chi connectivity index (χ1v) is 4.94. The predicted octanol–water partition coefficient (Wildman–Crippen LogP) is 0.352. The number of hydrogen-bond acceptors (Lipinski definition) is 4. The van der Waals surface area contributed by atoms with E-state index in [9.17, 15) is 4.79 Å². The Hall–Kier alpha value is -1.75. The zero-order chi connectivity index (χ0) is 12.3. The van der Waals surface area contributed by atoms with Crippen molar-refractivity contribution >= 4 is 17.3 Å². The second kappa shape index (κ2) is 4.40. The Bertz CT molecular complexity index is 402. The summed E-state index contributed by atoms with van der Waals surface area (Å²) in [5.41, 5.74) is 11.7. The van der Waals surface area contributed by atoms with E-state index in [2.05, 4.69) is 5.32 Å². The topological polar surface area (TPSA) is 101 Å². The molecule has 0 saturated carbocycles. The van der Waals surface area contributed by atoms with E-state index in [-0.39, 0.29) is 12.5 Å². The Morgan fingerprint density at radius 3 is 2.56 bits per heavy atom. The smallest absolute Gasteiger partial charge is 0.253 e. The van der Waals surface area contributed by atoms with Crippen molar-refractivity contribution in [3.05, 3.63) is 23.8 Å². The third-order valence-electron chi connectivity index (χ3n) is 2.17. The third-order valence-corrected chi connectivity index (χ3v) is 2.17. The largest absolute Gasteiger partial charge is 0.399 e. The summed E-state index contributed by atoms with van der Waals surface area (Å²) in [5.74, 6) is -0.323. The molecule has 88 valence electrons. The Balaban J connectivity index is 2.89. The minimum atomic E-state index is -0.676. The second-order valence-electron chi connectivity index (χ2n) is 4.34. The van der Waals surface area contributed by atoms with Gasteiger partial charge in [0.1, 0.15) is 0 Å². The van der Waals surface area contributed by atoms with Crippen LogP contribution in [0.25, 0.3) is 0 Å². The molecule has 0 saturated heterocycles. The number of rotatable bonds is 3. The molecular formula is C11H17N3O2. The summed E-state index contributed by atoms with van der Waals surface area (Å²) >= 11 is 0. The van der Waals surface area contributed by atoms with Crippen molar-refractivity contribution in [1.82, 2.24) is 5.32 Å². The molecule has 1 aromatic rings. The van der Waals surface area contributed by atoms with Gasteiger partial charge in [-0.25, -0.2) is 0 Å². The first-order valence-electron chi connectivity index (χ1n) is 4.94. The van der Waals surface area contributed by atoms with Gasteiger partial charge in [-0.1, -0.05) is 0 Å². The van der Waals surface area contributed by atoms with Gasteiger partial charge < -0.3 is 21.9 Å². The number of aliphatic hydroxyl groups excluding tert-OH is 1. The van der Waals surface area contributed by atoms with Gasteiger partial charge in [0.05, 0.1) is 17.7 Å². The van der Waals surface area contributed by atoms with Gasteiger partial charge in [0.25, 0.3) is 5.91 Å². The molecule has 0 aliphatic carbocycles. The maximum absolute atomic E-state index is 11.8. The van der Waals surface area contributed by atoms with Crippen molar-refractivity contribution in [3.63, 3.8) is 0 Å². The number of aliphatic hydroxyl groups is 1. The van der Waals surface area contributed by atoms with E-state index in [0.717, 1.165) is 0 Å². The summed E-state index contributed by atoms with van der Waals surface area (Å²) in [7, 11) is 0. The van der Waals surface area contributed by atoms with Crippen molar-refractivity contribution in [1.29, 1.82) is 0 Å². The molecular weight excluding hydrogens is 206 g/mol. The van der Waals surface area contributed by atoms with Crippen LogP contribution in [-0.2, 0) is 0 Å². The summed E-state index contributed by atoms with van der Waals surface area (Å²) in [4.78, 5) is 11.8. The lowest BCUT2D eigenvalue weighted by Gasteiger charge is -2.23. The fraction of sp³-hybridized carbons (Fsp3) is 0.364. The van der Waals surface area contributed by atoms with Gasteiger partial charge in [0, 0.05) is 11.4 Å². The molecule has 0 bridgehead atoms. The van der Waals surface area contributed by atoms with Gasteiger partial charge in [-0.05, 0) is 32.0 Å². The van der Waals surface area contributed by atoms with E-state index in [1.165, 1.54) is 6.07 Å². The van der Waals surface area contributed by atoms with Crippen LogP contribution < -0.4 is 16.8 Å². The van der Waals surface area contributed by atoms with E-state index in [1.807, 2.05) is 0 Å². The van der Waals surface area contributed by atoms with Gasteiger partial charge in [0.2, 0.25) is 0 Å². The average Bonchev–Trinajstić information content (AvgIpc) is 2.16. The van der Waals surface area contributed by atoms with Gasteiger partial charge in [-0.2, -0.15) is 0 Å². The van der Waals surface area contributed by atoms with Crippen LogP contribution in [0.1, 0.15) is 24.2 Å². The molecule has 5 heteroatoms. The number of carbonyl (C=O) groups excluding carboxylic acids is 1. The lowest BCUT2D eigenvalue weighted by Crippen LogP contribution is -2.46. The van der Waals surface area contributed by atoms with Gasteiger partial charge in [-0.15, -0.1) is 0 Å². The molecule has 0 aliphatic rings. The first kappa shape index (κ1) is 12.3. The monoisotopic (exact) mass is 223 g/mol. The highest BCUT2D eigenvalue weighted by molar-refractivity contribution is 6.00. The molecule has 0 heterocycles. The Labute approximate surface area is 94.4 Å². The molecule has 0 atom stereocenters. The maximum Gasteiger partial charge on any atom is 0.253 e. The van der Waals surface area contributed by atoms with Crippen LogP contribution >= 0.6 is 0 Å². The molecule has 1 amide bonds. The summed E-state index contributed by atoms with van der Waals surface area (Å²) in [6.07, 6.45) is 0. The van der Waals surface area contributed by atoms with Crippen LogP contribution in [0, 0.1) is 0 Å². The molecule has 16 heavy (non-hydrogen) atoms. The number of benzene rings is 1. The minimum absolute atomic E-state index is 0.145. The highest BCUT2D eigenvalue weighted by Gasteiger charge is 2.21. The van der Waals surface area contributed by atoms with E-state index < -0.39 is 5.54 Å². The molecule has 0 aliphatic heterocycles. The van der Waals surface area contributed by atoms with Crippen molar-refractivity contribution in [2.45, 2.75) is 19.4 Å². The van der Waals surface area contributed by atoms with Crippen LogP contribution in [0.15, 0.2) is 18.2 Å². The minimum Gasteiger partial charge on any atom is -0.399 e. The number of nitrogens with two attached hydrogens (primary N) is 2. The Morgan fingerprint density at radius 2 is 2.06 bits per heavy atom. The fourth-order valence-corrected chi connectivity index (χ4v) is 1.20. The quantitative estimate of drug-likeness (QED) is 0.555. The molecule has 0 spiro atoms.